The number of phenols is 1. The number of aromatic hydroxyl groups is 1. The smallest absolute Gasteiger partial charge is 0.225 e. The summed E-state index contributed by atoms with van der Waals surface area (Å²) < 4.78 is 0. The average Bonchev–Trinajstić information content (AvgIpc) is 2.48. The standard InChI is InChI=1S/C16H22N2O3/c1-3-16(2,21)12-15(20)18-10-8-17(9-11-18)13-4-6-14(19)7-5-13/h3-7,19,21H,1,8-12H2,2H3. The zero-order valence-corrected chi connectivity index (χ0v) is 12.3. The van der Waals surface area contributed by atoms with Gasteiger partial charge in [0.05, 0.1) is 12.0 Å². The molecule has 2 rings (SSSR count). The monoisotopic (exact) mass is 290 g/mol. The van der Waals surface area contributed by atoms with Crippen LogP contribution in [0.15, 0.2) is 36.9 Å². The molecule has 1 fully saturated rings. The van der Waals surface area contributed by atoms with Crippen molar-refractivity contribution < 1.29 is 15.0 Å². The molecule has 1 heterocycles. The summed E-state index contributed by atoms with van der Waals surface area (Å²) in [4.78, 5) is 16.1. The van der Waals surface area contributed by atoms with Gasteiger partial charge < -0.3 is 20.0 Å². The van der Waals surface area contributed by atoms with E-state index in [-0.39, 0.29) is 18.1 Å². The minimum atomic E-state index is -1.15. The Labute approximate surface area is 125 Å². The molecule has 5 nitrogen and oxygen atoms in total. The third-order valence-corrected chi connectivity index (χ3v) is 3.80. The van der Waals surface area contributed by atoms with E-state index in [9.17, 15) is 15.0 Å². The van der Waals surface area contributed by atoms with Crippen LogP contribution in [0.3, 0.4) is 0 Å². The Kier molecular flexibility index (Phi) is 4.53. The van der Waals surface area contributed by atoms with E-state index >= 15 is 0 Å². The summed E-state index contributed by atoms with van der Waals surface area (Å²) in [7, 11) is 0. The Morgan fingerprint density at radius 2 is 1.86 bits per heavy atom. The third-order valence-electron chi connectivity index (χ3n) is 3.80. The predicted molar refractivity (Wildman–Crippen MR) is 82.3 cm³/mol. The number of carbonyl (C=O) groups excluding carboxylic acids is 1. The largest absolute Gasteiger partial charge is 0.508 e. The lowest BCUT2D eigenvalue weighted by Crippen LogP contribution is -2.50. The van der Waals surface area contributed by atoms with E-state index in [2.05, 4.69) is 11.5 Å². The van der Waals surface area contributed by atoms with E-state index in [1.165, 1.54) is 6.08 Å². The summed E-state index contributed by atoms with van der Waals surface area (Å²) in [5.74, 6) is 0.199. The van der Waals surface area contributed by atoms with E-state index in [1.807, 2.05) is 12.1 Å². The van der Waals surface area contributed by atoms with Crippen molar-refractivity contribution >= 4 is 11.6 Å². The summed E-state index contributed by atoms with van der Waals surface area (Å²) in [5, 5.41) is 19.2. The highest BCUT2D eigenvalue weighted by Gasteiger charge is 2.26. The third kappa shape index (κ3) is 3.98. The number of piperazine rings is 1. The van der Waals surface area contributed by atoms with Gasteiger partial charge in [0.25, 0.3) is 0 Å². The number of rotatable bonds is 4. The molecule has 1 aliphatic heterocycles. The Morgan fingerprint density at radius 1 is 1.29 bits per heavy atom. The van der Waals surface area contributed by atoms with Gasteiger partial charge in [-0.1, -0.05) is 6.08 Å². The lowest BCUT2D eigenvalue weighted by Gasteiger charge is -2.37. The van der Waals surface area contributed by atoms with Crippen molar-refractivity contribution in [2.45, 2.75) is 18.9 Å². The van der Waals surface area contributed by atoms with E-state index in [0.29, 0.717) is 13.1 Å². The van der Waals surface area contributed by atoms with E-state index < -0.39 is 5.60 Å². The molecule has 1 aromatic carbocycles. The fraction of sp³-hybridized carbons (Fsp3) is 0.438. The van der Waals surface area contributed by atoms with Gasteiger partial charge in [-0.3, -0.25) is 4.79 Å². The van der Waals surface area contributed by atoms with Crippen LogP contribution in [0.25, 0.3) is 0 Å². The second kappa shape index (κ2) is 6.18. The van der Waals surface area contributed by atoms with Gasteiger partial charge in [-0.2, -0.15) is 0 Å². The molecule has 0 spiro atoms. The first kappa shape index (κ1) is 15.4. The van der Waals surface area contributed by atoms with Crippen LogP contribution in [0.5, 0.6) is 5.75 Å². The highest BCUT2D eigenvalue weighted by molar-refractivity contribution is 5.78. The number of phenolic OH excluding ortho intramolecular Hbond substituents is 1. The fourth-order valence-corrected chi connectivity index (χ4v) is 2.37. The van der Waals surface area contributed by atoms with Crippen molar-refractivity contribution in [3.8, 4) is 5.75 Å². The van der Waals surface area contributed by atoms with Gasteiger partial charge in [-0.25, -0.2) is 0 Å². The molecule has 0 saturated carbocycles. The Balaban J connectivity index is 1.89. The van der Waals surface area contributed by atoms with E-state index in [0.717, 1.165) is 18.8 Å². The molecule has 0 radical (unpaired) electrons. The Hall–Kier alpha value is -2.01. The van der Waals surface area contributed by atoms with Crippen molar-refractivity contribution in [2.75, 3.05) is 31.1 Å². The van der Waals surface area contributed by atoms with Gasteiger partial charge in [-0.05, 0) is 31.2 Å². The maximum absolute atomic E-state index is 12.1. The molecule has 5 heteroatoms. The minimum Gasteiger partial charge on any atom is -0.508 e. The van der Waals surface area contributed by atoms with Gasteiger partial charge >= 0.3 is 0 Å². The summed E-state index contributed by atoms with van der Waals surface area (Å²) in [6, 6.07) is 7.06. The molecular formula is C16H22N2O3. The number of nitrogens with zero attached hydrogens (tertiary/aromatic N) is 2. The van der Waals surface area contributed by atoms with Crippen LogP contribution in [0, 0.1) is 0 Å². The van der Waals surface area contributed by atoms with E-state index in [1.54, 1.807) is 24.0 Å². The zero-order chi connectivity index (χ0) is 15.5. The van der Waals surface area contributed by atoms with Crippen molar-refractivity contribution in [2.24, 2.45) is 0 Å². The number of aliphatic hydroxyl groups is 1. The van der Waals surface area contributed by atoms with Gasteiger partial charge in [-0.15, -0.1) is 6.58 Å². The predicted octanol–water partition coefficient (Wildman–Crippen LogP) is 1.37. The summed E-state index contributed by atoms with van der Waals surface area (Å²) in [5.41, 5.74) is -0.108. The first-order valence-corrected chi connectivity index (χ1v) is 7.09. The lowest BCUT2D eigenvalue weighted by atomic mass is 10.0. The number of amides is 1. The van der Waals surface area contributed by atoms with E-state index in [4.69, 9.17) is 0 Å². The molecule has 1 amide bonds. The summed E-state index contributed by atoms with van der Waals surface area (Å²) >= 11 is 0. The molecule has 0 aliphatic carbocycles. The van der Waals surface area contributed by atoms with Crippen LogP contribution in [-0.2, 0) is 4.79 Å². The molecular weight excluding hydrogens is 268 g/mol. The van der Waals surface area contributed by atoms with Crippen molar-refractivity contribution in [1.82, 2.24) is 4.90 Å². The molecule has 1 saturated heterocycles. The molecule has 114 valence electrons. The number of benzene rings is 1. The topological polar surface area (TPSA) is 64.0 Å². The van der Waals surface area contributed by atoms with Gasteiger partial charge in [0.1, 0.15) is 5.75 Å². The average molecular weight is 290 g/mol. The lowest BCUT2D eigenvalue weighted by molar-refractivity contribution is -0.134. The minimum absolute atomic E-state index is 0.0507. The van der Waals surface area contributed by atoms with Crippen LogP contribution in [0.4, 0.5) is 5.69 Å². The first-order valence-electron chi connectivity index (χ1n) is 7.09. The zero-order valence-electron chi connectivity index (χ0n) is 12.3. The molecule has 2 N–H and O–H groups in total. The molecule has 1 atom stereocenters. The van der Waals surface area contributed by atoms with Crippen LogP contribution in [0.2, 0.25) is 0 Å². The second-order valence-electron chi connectivity index (χ2n) is 5.62. The quantitative estimate of drug-likeness (QED) is 0.822. The summed E-state index contributed by atoms with van der Waals surface area (Å²) in [6.07, 6.45) is 1.47. The number of carbonyl (C=O) groups is 1. The van der Waals surface area contributed by atoms with Gasteiger partial charge in [0.2, 0.25) is 5.91 Å². The highest BCUT2D eigenvalue weighted by atomic mass is 16.3. The number of anilines is 1. The van der Waals surface area contributed by atoms with Crippen LogP contribution in [-0.4, -0.2) is 52.8 Å². The molecule has 1 aliphatic rings. The maximum atomic E-state index is 12.1. The van der Waals surface area contributed by atoms with Crippen LogP contribution < -0.4 is 4.90 Å². The number of hydrogen-bond acceptors (Lipinski definition) is 4. The maximum Gasteiger partial charge on any atom is 0.225 e. The molecule has 1 unspecified atom stereocenters. The molecule has 21 heavy (non-hydrogen) atoms. The first-order chi connectivity index (χ1) is 9.91. The van der Waals surface area contributed by atoms with Crippen molar-refractivity contribution in [1.29, 1.82) is 0 Å². The summed E-state index contributed by atoms with van der Waals surface area (Å²) in [6.45, 7) is 7.88. The molecule has 0 aromatic heterocycles. The van der Waals surface area contributed by atoms with Crippen molar-refractivity contribution in [3.05, 3.63) is 36.9 Å². The van der Waals surface area contributed by atoms with Gasteiger partial charge in [0, 0.05) is 31.9 Å². The second-order valence-corrected chi connectivity index (χ2v) is 5.62. The molecule has 0 bridgehead atoms. The number of hydrogen-bond donors (Lipinski definition) is 2. The Bertz CT molecular complexity index is 503. The van der Waals surface area contributed by atoms with Crippen LogP contribution >= 0.6 is 0 Å². The SMILES string of the molecule is C=CC(C)(O)CC(=O)N1CCN(c2ccc(O)cc2)CC1. The Morgan fingerprint density at radius 3 is 2.38 bits per heavy atom. The van der Waals surface area contributed by atoms with Crippen LogP contribution in [0.1, 0.15) is 13.3 Å². The fourth-order valence-electron chi connectivity index (χ4n) is 2.37. The normalized spacial score (nSPS) is 18.2. The van der Waals surface area contributed by atoms with Crippen molar-refractivity contribution in [3.63, 3.8) is 0 Å². The van der Waals surface area contributed by atoms with Gasteiger partial charge in [0.15, 0.2) is 0 Å². The molecule has 1 aromatic rings. The highest BCUT2D eigenvalue weighted by Crippen LogP contribution is 2.20.